The molecule has 0 spiro atoms. The third-order valence-corrected chi connectivity index (χ3v) is 6.08. The number of nitrogens with zero attached hydrogens (tertiary/aromatic N) is 3. The summed E-state index contributed by atoms with van der Waals surface area (Å²) in [6, 6.07) is 7.32. The molecule has 2 aromatic rings. The third-order valence-electron chi connectivity index (χ3n) is 4.61. The Kier molecular flexibility index (Phi) is 5.06. The molecule has 0 aliphatic carbocycles. The van der Waals surface area contributed by atoms with E-state index in [0.717, 1.165) is 30.8 Å². The third kappa shape index (κ3) is 3.54. The zero-order valence-electron chi connectivity index (χ0n) is 14.3. The van der Waals surface area contributed by atoms with Gasteiger partial charge in [0.1, 0.15) is 11.1 Å². The second kappa shape index (κ2) is 7.46. The summed E-state index contributed by atoms with van der Waals surface area (Å²) in [7, 11) is 0. The van der Waals surface area contributed by atoms with Crippen LogP contribution < -0.4 is 10.7 Å². The zero-order valence-corrected chi connectivity index (χ0v) is 15.9. The van der Waals surface area contributed by atoms with Crippen LogP contribution in [0.1, 0.15) is 30.3 Å². The number of halogens is 1. The van der Waals surface area contributed by atoms with Gasteiger partial charge in [-0.1, -0.05) is 35.5 Å². The summed E-state index contributed by atoms with van der Waals surface area (Å²) in [6.07, 6.45) is 2.15. The Bertz CT molecular complexity index is 791. The van der Waals surface area contributed by atoms with Gasteiger partial charge >= 0.3 is 0 Å². The number of benzene rings is 1. The lowest BCUT2D eigenvalue weighted by Crippen LogP contribution is -2.45. The molecule has 1 amide bonds. The molecule has 2 N–H and O–H groups in total. The van der Waals surface area contributed by atoms with Crippen LogP contribution in [-0.2, 0) is 9.53 Å². The van der Waals surface area contributed by atoms with Crippen LogP contribution in [0.2, 0.25) is 5.02 Å². The maximum Gasteiger partial charge on any atom is 0.236 e. The van der Waals surface area contributed by atoms with Gasteiger partial charge in [-0.25, -0.2) is 4.68 Å². The van der Waals surface area contributed by atoms with E-state index in [-0.39, 0.29) is 23.3 Å². The summed E-state index contributed by atoms with van der Waals surface area (Å²) < 4.78 is 7.42. The highest BCUT2D eigenvalue weighted by molar-refractivity contribution is 8.00. The Morgan fingerprint density at radius 3 is 2.96 bits per heavy atom. The van der Waals surface area contributed by atoms with Gasteiger partial charge < -0.3 is 15.5 Å². The predicted octanol–water partition coefficient (Wildman–Crippen LogP) is 2.29. The van der Waals surface area contributed by atoms with Gasteiger partial charge in [0.25, 0.3) is 0 Å². The van der Waals surface area contributed by atoms with E-state index in [1.165, 1.54) is 11.8 Å². The molecule has 4 rings (SSSR count). The minimum Gasteiger partial charge on any atom is -0.376 e. The van der Waals surface area contributed by atoms with E-state index in [9.17, 15) is 4.79 Å². The Hall–Kier alpha value is -1.77. The molecular formula is C17H20ClN5O2S. The van der Waals surface area contributed by atoms with E-state index < -0.39 is 0 Å². The Balaban J connectivity index is 1.56. The summed E-state index contributed by atoms with van der Waals surface area (Å²) >= 11 is 7.43. The zero-order chi connectivity index (χ0) is 18.1. The molecule has 3 heterocycles. The quantitative estimate of drug-likeness (QED) is 0.829. The van der Waals surface area contributed by atoms with Crippen LogP contribution in [0.4, 0.5) is 0 Å². The fourth-order valence-corrected chi connectivity index (χ4v) is 4.48. The fraction of sp³-hybridized carbons (Fsp3) is 0.471. The number of rotatable bonds is 4. The number of carbonyl (C=O) groups is 1. The number of thioether (sulfide) groups is 1. The predicted molar refractivity (Wildman–Crippen MR) is 99.9 cm³/mol. The number of ether oxygens (including phenoxy) is 1. The minimum atomic E-state index is -0.367. The Morgan fingerprint density at radius 1 is 1.42 bits per heavy atom. The fourth-order valence-electron chi connectivity index (χ4n) is 3.20. The molecule has 1 aromatic heterocycles. The van der Waals surface area contributed by atoms with E-state index in [1.54, 1.807) is 0 Å². The smallest absolute Gasteiger partial charge is 0.236 e. The summed E-state index contributed by atoms with van der Waals surface area (Å²) in [6.45, 7) is 3.19. The summed E-state index contributed by atoms with van der Waals surface area (Å²) in [5.41, 5.74) is 4.36. The Morgan fingerprint density at radius 2 is 2.23 bits per heavy atom. The monoisotopic (exact) mass is 393 g/mol. The van der Waals surface area contributed by atoms with Crippen LogP contribution in [0.25, 0.3) is 0 Å². The Labute approximate surface area is 160 Å². The van der Waals surface area contributed by atoms with E-state index in [2.05, 4.69) is 20.9 Å². The van der Waals surface area contributed by atoms with Crippen molar-refractivity contribution in [3.05, 3.63) is 40.7 Å². The number of aryl methyl sites for hydroxylation is 1. The molecule has 3 atom stereocenters. The molecule has 1 saturated heterocycles. The number of aromatic nitrogens is 3. The van der Waals surface area contributed by atoms with Crippen LogP contribution in [0, 0.1) is 6.92 Å². The standard InChI is InChI=1S/C17H20ClN5O2S/c1-10-20-21-17-23(10)22-14(11-4-6-12(18)7-5-11)15(26-17)16(24)19-9-13-3-2-8-25-13/h4-7,13-15,22H,2-3,8-9H2,1H3,(H,19,24)/t13-,14-,15-/m1/s1. The second-order valence-electron chi connectivity index (χ2n) is 6.44. The van der Waals surface area contributed by atoms with Gasteiger partial charge in [0, 0.05) is 18.2 Å². The van der Waals surface area contributed by atoms with E-state index in [0.29, 0.717) is 16.7 Å². The number of fused-ring (bicyclic) bond motifs is 1. The highest BCUT2D eigenvalue weighted by Crippen LogP contribution is 2.37. The first-order chi connectivity index (χ1) is 12.6. The van der Waals surface area contributed by atoms with Crippen LogP contribution in [0.3, 0.4) is 0 Å². The topological polar surface area (TPSA) is 81.1 Å². The second-order valence-corrected chi connectivity index (χ2v) is 7.99. The molecule has 138 valence electrons. The van der Waals surface area contributed by atoms with Crippen LogP contribution in [-0.4, -0.2) is 45.3 Å². The molecule has 9 heteroatoms. The van der Waals surface area contributed by atoms with Gasteiger partial charge in [0.05, 0.1) is 12.1 Å². The van der Waals surface area contributed by atoms with Crippen molar-refractivity contribution in [2.75, 3.05) is 18.6 Å². The normalized spacial score (nSPS) is 24.8. The molecule has 0 bridgehead atoms. The summed E-state index contributed by atoms with van der Waals surface area (Å²) in [5.74, 6) is 0.717. The molecule has 0 radical (unpaired) electrons. The molecular weight excluding hydrogens is 374 g/mol. The van der Waals surface area contributed by atoms with Crippen molar-refractivity contribution in [2.45, 2.75) is 42.3 Å². The van der Waals surface area contributed by atoms with Gasteiger partial charge in [-0.2, -0.15) is 0 Å². The van der Waals surface area contributed by atoms with Crippen molar-refractivity contribution < 1.29 is 9.53 Å². The molecule has 26 heavy (non-hydrogen) atoms. The van der Waals surface area contributed by atoms with Gasteiger partial charge in [0.2, 0.25) is 11.1 Å². The van der Waals surface area contributed by atoms with Crippen molar-refractivity contribution in [2.24, 2.45) is 0 Å². The van der Waals surface area contributed by atoms with Crippen LogP contribution >= 0.6 is 23.4 Å². The van der Waals surface area contributed by atoms with E-state index >= 15 is 0 Å². The molecule has 1 fully saturated rings. The lowest BCUT2D eigenvalue weighted by Gasteiger charge is -2.33. The lowest BCUT2D eigenvalue weighted by atomic mass is 10.0. The highest BCUT2D eigenvalue weighted by Gasteiger charge is 2.37. The summed E-state index contributed by atoms with van der Waals surface area (Å²) in [5, 5.41) is 12.3. The minimum absolute atomic E-state index is 0.0372. The summed E-state index contributed by atoms with van der Waals surface area (Å²) in [4.78, 5) is 12.9. The number of amides is 1. The average molecular weight is 394 g/mol. The van der Waals surface area contributed by atoms with Crippen LogP contribution in [0.15, 0.2) is 29.4 Å². The maximum absolute atomic E-state index is 12.9. The molecule has 2 aliphatic heterocycles. The van der Waals surface area contributed by atoms with Crippen molar-refractivity contribution in [1.29, 1.82) is 0 Å². The average Bonchev–Trinajstić information content (AvgIpc) is 3.29. The lowest BCUT2D eigenvalue weighted by molar-refractivity contribution is -0.121. The number of carbonyl (C=O) groups excluding carboxylic acids is 1. The van der Waals surface area contributed by atoms with Gasteiger partial charge in [0.15, 0.2) is 0 Å². The van der Waals surface area contributed by atoms with E-state index in [4.69, 9.17) is 16.3 Å². The molecule has 1 aromatic carbocycles. The first-order valence-electron chi connectivity index (χ1n) is 8.62. The molecule has 0 saturated carbocycles. The van der Waals surface area contributed by atoms with Crippen molar-refractivity contribution in [3.8, 4) is 0 Å². The van der Waals surface area contributed by atoms with Gasteiger partial charge in [-0.15, -0.1) is 10.2 Å². The number of nitrogens with one attached hydrogen (secondary N) is 2. The highest BCUT2D eigenvalue weighted by atomic mass is 35.5. The van der Waals surface area contributed by atoms with Gasteiger partial charge in [-0.3, -0.25) is 4.79 Å². The first-order valence-corrected chi connectivity index (χ1v) is 9.87. The largest absolute Gasteiger partial charge is 0.376 e. The molecule has 7 nitrogen and oxygen atoms in total. The molecule has 0 unspecified atom stereocenters. The first kappa shape index (κ1) is 17.6. The van der Waals surface area contributed by atoms with Crippen molar-refractivity contribution in [1.82, 2.24) is 20.2 Å². The number of hydrogen-bond donors (Lipinski definition) is 2. The van der Waals surface area contributed by atoms with Crippen molar-refractivity contribution in [3.63, 3.8) is 0 Å². The van der Waals surface area contributed by atoms with Gasteiger partial charge in [-0.05, 0) is 37.5 Å². The van der Waals surface area contributed by atoms with E-state index in [1.807, 2.05) is 35.9 Å². The maximum atomic E-state index is 12.9. The number of hydrogen-bond acceptors (Lipinski definition) is 6. The SMILES string of the molecule is Cc1nnc2n1N[C@H](c1ccc(Cl)cc1)[C@H](C(=O)NC[C@H]1CCCO1)S2. The van der Waals surface area contributed by atoms with Crippen LogP contribution in [0.5, 0.6) is 0 Å². The van der Waals surface area contributed by atoms with Crippen molar-refractivity contribution >= 4 is 29.3 Å². The molecule has 2 aliphatic rings.